The minimum absolute atomic E-state index is 0.122. The molecule has 1 fully saturated rings. The Morgan fingerprint density at radius 3 is 2.72 bits per heavy atom. The van der Waals surface area contributed by atoms with Crippen LogP contribution in [0.5, 0.6) is 5.75 Å². The monoisotopic (exact) mass is 249 g/mol. The summed E-state index contributed by atoms with van der Waals surface area (Å²) in [7, 11) is 0. The van der Waals surface area contributed by atoms with E-state index >= 15 is 0 Å². The highest BCUT2D eigenvalue weighted by atomic mass is 16.5. The van der Waals surface area contributed by atoms with Gasteiger partial charge in [-0.15, -0.1) is 0 Å². The van der Waals surface area contributed by atoms with Gasteiger partial charge < -0.3 is 14.8 Å². The van der Waals surface area contributed by atoms with E-state index in [1.165, 1.54) is 12.0 Å². The molecule has 3 nitrogen and oxygen atoms in total. The first-order chi connectivity index (χ1) is 8.72. The topological polar surface area (TPSA) is 30.5 Å². The van der Waals surface area contributed by atoms with Crippen molar-refractivity contribution in [3.05, 3.63) is 29.8 Å². The SMILES string of the molecule is CCOc1ccc(CNC2(C)CCCOC2)cc1. The van der Waals surface area contributed by atoms with E-state index in [-0.39, 0.29) is 5.54 Å². The molecule has 18 heavy (non-hydrogen) atoms. The van der Waals surface area contributed by atoms with Crippen LogP contribution in [0, 0.1) is 0 Å². The lowest BCUT2D eigenvalue weighted by Crippen LogP contribution is -2.48. The van der Waals surface area contributed by atoms with Crippen LogP contribution in [-0.2, 0) is 11.3 Å². The molecular formula is C15H23NO2. The zero-order chi connectivity index (χ0) is 12.8. The van der Waals surface area contributed by atoms with Crippen molar-refractivity contribution in [2.75, 3.05) is 19.8 Å². The molecule has 1 saturated heterocycles. The Labute approximate surface area is 109 Å². The third-order valence-electron chi connectivity index (χ3n) is 3.39. The van der Waals surface area contributed by atoms with Crippen LogP contribution in [0.15, 0.2) is 24.3 Å². The van der Waals surface area contributed by atoms with E-state index in [2.05, 4.69) is 24.4 Å². The molecule has 2 rings (SSSR count). The van der Waals surface area contributed by atoms with Crippen LogP contribution in [-0.4, -0.2) is 25.4 Å². The smallest absolute Gasteiger partial charge is 0.119 e. The zero-order valence-corrected chi connectivity index (χ0v) is 11.4. The summed E-state index contributed by atoms with van der Waals surface area (Å²) in [5, 5.41) is 3.60. The molecule has 100 valence electrons. The van der Waals surface area contributed by atoms with Crippen molar-refractivity contribution in [2.24, 2.45) is 0 Å². The molecule has 0 amide bonds. The Kier molecular flexibility index (Phi) is 4.61. The molecule has 0 spiro atoms. The van der Waals surface area contributed by atoms with Crippen molar-refractivity contribution < 1.29 is 9.47 Å². The number of rotatable bonds is 5. The van der Waals surface area contributed by atoms with Crippen LogP contribution in [0.3, 0.4) is 0 Å². The fraction of sp³-hybridized carbons (Fsp3) is 0.600. The van der Waals surface area contributed by atoms with Gasteiger partial charge in [-0.25, -0.2) is 0 Å². The maximum absolute atomic E-state index is 5.54. The van der Waals surface area contributed by atoms with E-state index in [0.717, 1.165) is 31.9 Å². The molecule has 1 aromatic rings. The molecule has 0 radical (unpaired) electrons. The highest BCUT2D eigenvalue weighted by molar-refractivity contribution is 5.27. The summed E-state index contributed by atoms with van der Waals surface area (Å²) in [4.78, 5) is 0. The highest BCUT2D eigenvalue weighted by Gasteiger charge is 2.26. The van der Waals surface area contributed by atoms with Crippen LogP contribution in [0.1, 0.15) is 32.3 Å². The van der Waals surface area contributed by atoms with Crippen molar-refractivity contribution >= 4 is 0 Å². The van der Waals surface area contributed by atoms with E-state index < -0.39 is 0 Å². The molecule has 0 aromatic heterocycles. The Morgan fingerprint density at radius 1 is 1.33 bits per heavy atom. The van der Waals surface area contributed by atoms with E-state index in [1.54, 1.807) is 0 Å². The molecular weight excluding hydrogens is 226 g/mol. The number of ether oxygens (including phenoxy) is 2. The predicted octanol–water partition coefficient (Wildman–Crippen LogP) is 2.74. The molecule has 1 aliphatic heterocycles. The average molecular weight is 249 g/mol. The normalized spacial score (nSPS) is 23.9. The summed E-state index contributed by atoms with van der Waals surface area (Å²) in [6.45, 7) is 7.55. The molecule has 1 aliphatic rings. The quantitative estimate of drug-likeness (QED) is 0.870. The maximum atomic E-state index is 5.54. The number of nitrogens with one attached hydrogen (secondary N) is 1. The van der Waals surface area contributed by atoms with Crippen molar-refractivity contribution in [3.8, 4) is 5.75 Å². The van der Waals surface area contributed by atoms with Gasteiger partial charge >= 0.3 is 0 Å². The lowest BCUT2D eigenvalue weighted by atomic mass is 9.94. The van der Waals surface area contributed by atoms with Gasteiger partial charge in [0.2, 0.25) is 0 Å². The van der Waals surface area contributed by atoms with Gasteiger partial charge in [0.25, 0.3) is 0 Å². The number of hydrogen-bond donors (Lipinski definition) is 1. The van der Waals surface area contributed by atoms with Crippen LogP contribution < -0.4 is 10.1 Å². The van der Waals surface area contributed by atoms with Gasteiger partial charge in [0.15, 0.2) is 0 Å². The summed E-state index contributed by atoms with van der Waals surface area (Å²) in [6.07, 6.45) is 2.33. The molecule has 3 heteroatoms. The van der Waals surface area contributed by atoms with Gasteiger partial charge in [0.05, 0.1) is 13.2 Å². The van der Waals surface area contributed by atoms with Crippen molar-refractivity contribution in [1.29, 1.82) is 0 Å². The summed E-state index contributed by atoms with van der Waals surface area (Å²) in [6, 6.07) is 8.29. The van der Waals surface area contributed by atoms with Gasteiger partial charge in [-0.1, -0.05) is 12.1 Å². The second kappa shape index (κ2) is 6.21. The first kappa shape index (κ1) is 13.4. The Bertz CT molecular complexity index is 355. The Balaban J connectivity index is 1.85. The zero-order valence-electron chi connectivity index (χ0n) is 11.4. The first-order valence-electron chi connectivity index (χ1n) is 6.76. The summed E-state index contributed by atoms with van der Waals surface area (Å²) < 4.78 is 11.0. The summed E-state index contributed by atoms with van der Waals surface area (Å²) in [5.41, 5.74) is 1.40. The van der Waals surface area contributed by atoms with E-state index in [0.29, 0.717) is 6.61 Å². The number of hydrogen-bond acceptors (Lipinski definition) is 3. The largest absolute Gasteiger partial charge is 0.494 e. The fourth-order valence-electron chi connectivity index (χ4n) is 2.26. The highest BCUT2D eigenvalue weighted by Crippen LogP contribution is 2.19. The standard InChI is InChI=1S/C15H23NO2/c1-3-18-14-7-5-13(6-8-14)11-16-15(2)9-4-10-17-12-15/h5-8,16H,3-4,9-12H2,1-2H3. The van der Waals surface area contributed by atoms with E-state index in [4.69, 9.17) is 9.47 Å². The number of benzene rings is 1. The van der Waals surface area contributed by atoms with E-state index in [9.17, 15) is 0 Å². The second-order valence-corrected chi connectivity index (χ2v) is 5.15. The lowest BCUT2D eigenvalue weighted by molar-refractivity contribution is 0.0278. The van der Waals surface area contributed by atoms with Crippen LogP contribution in [0.4, 0.5) is 0 Å². The Morgan fingerprint density at radius 2 is 2.11 bits per heavy atom. The summed E-state index contributed by atoms with van der Waals surface area (Å²) >= 11 is 0. The first-order valence-corrected chi connectivity index (χ1v) is 6.76. The van der Waals surface area contributed by atoms with Crippen LogP contribution in [0.2, 0.25) is 0 Å². The van der Waals surface area contributed by atoms with Crippen molar-refractivity contribution in [1.82, 2.24) is 5.32 Å². The minimum atomic E-state index is 0.122. The third kappa shape index (κ3) is 3.72. The molecule has 1 N–H and O–H groups in total. The predicted molar refractivity (Wildman–Crippen MR) is 72.9 cm³/mol. The molecule has 1 aromatic carbocycles. The molecule has 1 heterocycles. The maximum Gasteiger partial charge on any atom is 0.119 e. The lowest BCUT2D eigenvalue weighted by Gasteiger charge is -2.34. The minimum Gasteiger partial charge on any atom is -0.494 e. The third-order valence-corrected chi connectivity index (χ3v) is 3.39. The van der Waals surface area contributed by atoms with E-state index in [1.807, 2.05) is 19.1 Å². The molecule has 1 atom stereocenters. The summed E-state index contributed by atoms with van der Waals surface area (Å²) in [5.74, 6) is 0.938. The van der Waals surface area contributed by atoms with Crippen molar-refractivity contribution in [2.45, 2.75) is 38.8 Å². The van der Waals surface area contributed by atoms with Gasteiger partial charge in [-0.05, 0) is 44.4 Å². The average Bonchev–Trinajstić information content (AvgIpc) is 2.39. The second-order valence-electron chi connectivity index (χ2n) is 5.15. The van der Waals surface area contributed by atoms with Gasteiger partial charge in [0.1, 0.15) is 5.75 Å². The van der Waals surface area contributed by atoms with Gasteiger partial charge in [0, 0.05) is 18.7 Å². The van der Waals surface area contributed by atoms with Crippen molar-refractivity contribution in [3.63, 3.8) is 0 Å². The Hall–Kier alpha value is -1.06. The molecule has 1 unspecified atom stereocenters. The van der Waals surface area contributed by atoms with Gasteiger partial charge in [-0.2, -0.15) is 0 Å². The van der Waals surface area contributed by atoms with Crippen LogP contribution in [0.25, 0.3) is 0 Å². The molecule has 0 aliphatic carbocycles. The van der Waals surface area contributed by atoms with Crippen LogP contribution >= 0.6 is 0 Å². The fourth-order valence-corrected chi connectivity index (χ4v) is 2.26. The van der Waals surface area contributed by atoms with Gasteiger partial charge in [-0.3, -0.25) is 0 Å². The molecule has 0 bridgehead atoms. The molecule has 0 saturated carbocycles.